The highest BCUT2D eigenvalue weighted by Gasteiger charge is 2.39. The third-order valence-electron chi connectivity index (χ3n) is 4.38. The summed E-state index contributed by atoms with van der Waals surface area (Å²) in [4.78, 5) is 9.55. The first-order valence-corrected chi connectivity index (χ1v) is 6.92. The molecule has 0 spiro atoms. The van der Waals surface area contributed by atoms with Crippen molar-refractivity contribution in [2.24, 2.45) is 0 Å². The Morgan fingerprint density at radius 2 is 1.89 bits per heavy atom. The number of hydrogen-bond donors (Lipinski definition) is 1. The van der Waals surface area contributed by atoms with Gasteiger partial charge in [0.05, 0.1) is 0 Å². The van der Waals surface area contributed by atoms with Crippen molar-refractivity contribution in [2.45, 2.75) is 50.5 Å². The number of aryl methyl sites for hydroxylation is 1. The maximum atomic E-state index is 5.79. The molecule has 0 bridgehead atoms. The number of hydrogen-bond acceptors (Lipinski definition) is 4. The molecular weight excluding hydrogens is 226 g/mol. The lowest BCUT2D eigenvalue weighted by Crippen LogP contribution is -2.28. The molecule has 98 valence electrons. The van der Waals surface area contributed by atoms with E-state index in [4.69, 9.17) is 14.7 Å². The van der Waals surface area contributed by atoms with Gasteiger partial charge in [0.1, 0.15) is 11.4 Å². The average Bonchev–Trinajstić information content (AvgIpc) is 3.06. The van der Waals surface area contributed by atoms with Gasteiger partial charge in [0.15, 0.2) is 5.82 Å². The molecule has 3 rings (SSSR count). The maximum absolute atomic E-state index is 5.79. The van der Waals surface area contributed by atoms with Crippen molar-refractivity contribution in [3.05, 3.63) is 17.1 Å². The third kappa shape index (κ3) is 1.70. The van der Waals surface area contributed by atoms with E-state index >= 15 is 0 Å². The monoisotopic (exact) mass is 247 g/mol. The normalized spacial score (nSPS) is 21.0. The van der Waals surface area contributed by atoms with Gasteiger partial charge >= 0.3 is 0 Å². The van der Waals surface area contributed by atoms with Crippen LogP contribution in [0, 0.1) is 0 Å². The molecule has 2 aliphatic rings. The summed E-state index contributed by atoms with van der Waals surface area (Å²) in [5, 5.41) is 3.23. The molecule has 4 nitrogen and oxygen atoms in total. The fourth-order valence-electron chi connectivity index (χ4n) is 3.31. The van der Waals surface area contributed by atoms with E-state index in [0.717, 1.165) is 37.3 Å². The van der Waals surface area contributed by atoms with E-state index in [1.54, 1.807) is 7.11 Å². The summed E-state index contributed by atoms with van der Waals surface area (Å²) in [6.45, 7) is 0. The lowest BCUT2D eigenvalue weighted by atomic mass is 10.0. The highest BCUT2D eigenvalue weighted by Crippen LogP contribution is 2.41. The Morgan fingerprint density at radius 3 is 2.56 bits per heavy atom. The van der Waals surface area contributed by atoms with Crippen molar-refractivity contribution < 1.29 is 4.74 Å². The zero-order valence-corrected chi connectivity index (χ0v) is 11.3. The largest absolute Gasteiger partial charge is 0.373 e. The van der Waals surface area contributed by atoms with Crippen LogP contribution in [0.3, 0.4) is 0 Å². The van der Waals surface area contributed by atoms with Crippen LogP contribution in [0.2, 0.25) is 0 Å². The van der Waals surface area contributed by atoms with Crippen LogP contribution in [-0.2, 0) is 23.2 Å². The summed E-state index contributed by atoms with van der Waals surface area (Å²) in [5.74, 6) is 1.91. The number of anilines is 1. The minimum atomic E-state index is -0.233. The molecule has 4 heteroatoms. The molecule has 1 fully saturated rings. The summed E-state index contributed by atoms with van der Waals surface area (Å²) in [5.41, 5.74) is 2.31. The van der Waals surface area contributed by atoms with Gasteiger partial charge in [-0.1, -0.05) is 0 Å². The quantitative estimate of drug-likeness (QED) is 0.891. The van der Waals surface area contributed by atoms with E-state index in [2.05, 4.69) is 5.32 Å². The standard InChI is InChI=1S/C14H21N3O/c1-15-12-10-6-5-7-11(10)16-13(17-12)14(18-2)8-3-4-9-14/h3-9H2,1-2H3,(H,15,16,17). The number of rotatable bonds is 3. The van der Waals surface area contributed by atoms with Gasteiger partial charge in [-0.25, -0.2) is 9.97 Å². The predicted octanol–water partition coefficient (Wildman–Crippen LogP) is 2.42. The first-order chi connectivity index (χ1) is 8.79. The molecule has 0 saturated heterocycles. The Kier molecular flexibility index (Phi) is 2.98. The molecule has 1 aromatic heterocycles. The molecule has 18 heavy (non-hydrogen) atoms. The number of nitrogens with zero attached hydrogens (tertiary/aromatic N) is 2. The smallest absolute Gasteiger partial charge is 0.162 e. The second-order valence-corrected chi connectivity index (χ2v) is 5.33. The SMILES string of the molecule is CNc1nc(C2(OC)CCCC2)nc2c1CCC2. The number of ether oxygens (including phenoxy) is 1. The lowest BCUT2D eigenvalue weighted by molar-refractivity contribution is -0.0163. The number of methoxy groups -OCH3 is 1. The first kappa shape index (κ1) is 11.9. The lowest BCUT2D eigenvalue weighted by Gasteiger charge is -2.26. The molecule has 1 N–H and O–H groups in total. The van der Waals surface area contributed by atoms with Gasteiger partial charge in [0, 0.05) is 25.4 Å². The molecule has 0 unspecified atom stereocenters. The van der Waals surface area contributed by atoms with Crippen LogP contribution in [0.5, 0.6) is 0 Å². The van der Waals surface area contributed by atoms with Crippen LogP contribution in [0.4, 0.5) is 5.82 Å². The summed E-state index contributed by atoms with van der Waals surface area (Å²) in [6, 6.07) is 0. The summed E-state index contributed by atoms with van der Waals surface area (Å²) in [6.07, 6.45) is 7.90. The van der Waals surface area contributed by atoms with E-state index < -0.39 is 0 Å². The Bertz CT molecular complexity index is 453. The molecule has 0 atom stereocenters. The first-order valence-electron chi connectivity index (χ1n) is 6.92. The van der Waals surface area contributed by atoms with Crippen LogP contribution >= 0.6 is 0 Å². The van der Waals surface area contributed by atoms with Gasteiger partial charge in [-0.05, 0) is 44.9 Å². The average molecular weight is 247 g/mol. The van der Waals surface area contributed by atoms with Crippen LogP contribution in [0.25, 0.3) is 0 Å². The van der Waals surface area contributed by atoms with Crippen molar-refractivity contribution in [3.63, 3.8) is 0 Å². The second kappa shape index (κ2) is 4.50. The molecule has 0 aromatic carbocycles. The van der Waals surface area contributed by atoms with Gasteiger partial charge in [-0.2, -0.15) is 0 Å². The van der Waals surface area contributed by atoms with Crippen molar-refractivity contribution in [1.29, 1.82) is 0 Å². The Balaban J connectivity index is 2.07. The summed E-state index contributed by atoms with van der Waals surface area (Å²) < 4.78 is 5.79. The third-order valence-corrected chi connectivity index (χ3v) is 4.38. The van der Waals surface area contributed by atoms with E-state index in [-0.39, 0.29) is 5.60 Å². The molecule has 1 heterocycles. The molecular formula is C14H21N3O. The highest BCUT2D eigenvalue weighted by molar-refractivity contribution is 5.48. The van der Waals surface area contributed by atoms with Crippen molar-refractivity contribution in [1.82, 2.24) is 9.97 Å². The number of aromatic nitrogens is 2. The van der Waals surface area contributed by atoms with Gasteiger partial charge < -0.3 is 10.1 Å². The van der Waals surface area contributed by atoms with Crippen LogP contribution < -0.4 is 5.32 Å². The van der Waals surface area contributed by atoms with E-state index in [1.807, 2.05) is 7.05 Å². The minimum Gasteiger partial charge on any atom is -0.373 e. The van der Waals surface area contributed by atoms with Gasteiger partial charge in [0.2, 0.25) is 0 Å². The molecule has 0 amide bonds. The topological polar surface area (TPSA) is 47.0 Å². The Labute approximate surface area is 108 Å². The number of fused-ring (bicyclic) bond motifs is 1. The zero-order valence-electron chi connectivity index (χ0n) is 11.3. The Morgan fingerprint density at radius 1 is 1.11 bits per heavy atom. The fraction of sp³-hybridized carbons (Fsp3) is 0.714. The minimum absolute atomic E-state index is 0.233. The summed E-state index contributed by atoms with van der Waals surface area (Å²) >= 11 is 0. The van der Waals surface area contributed by atoms with Gasteiger partial charge in [-0.15, -0.1) is 0 Å². The molecule has 1 aromatic rings. The Hall–Kier alpha value is -1.16. The van der Waals surface area contributed by atoms with Gasteiger partial charge in [-0.3, -0.25) is 0 Å². The number of nitrogens with one attached hydrogen (secondary N) is 1. The molecule has 0 radical (unpaired) electrons. The van der Waals surface area contributed by atoms with Crippen molar-refractivity contribution in [2.75, 3.05) is 19.5 Å². The second-order valence-electron chi connectivity index (χ2n) is 5.33. The molecule has 1 saturated carbocycles. The van der Waals surface area contributed by atoms with E-state index in [1.165, 1.54) is 30.5 Å². The molecule has 0 aliphatic heterocycles. The van der Waals surface area contributed by atoms with E-state index in [9.17, 15) is 0 Å². The van der Waals surface area contributed by atoms with E-state index in [0.29, 0.717) is 0 Å². The van der Waals surface area contributed by atoms with Gasteiger partial charge in [0.25, 0.3) is 0 Å². The van der Waals surface area contributed by atoms with Crippen LogP contribution in [-0.4, -0.2) is 24.1 Å². The predicted molar refractivity (Wildman–Crippen MR) is 70.8 cm³/mol. The van der Waals surface area contributed by atoms with Crippen LogP contribution in [0.1, 0.15) is 49.2 Å². The van der Waals surface area contributed by atoms with Crippen LogP contribution in [0.15, 0.2) is 0 Å². The van der Waals surface area contributed by atoms with Crippen molar-refractivity contribution >= 4 is 5.82 Å². The zero-order chi connectivity index (χ0) is 12.6. The maximum Gasteiger partial charge on any atom is 0.162 e. The van der Waals surface area contributed by atoms with Crippen molar-refractivity contribution in [3.8, 4) is 0 Å². The molecule has 2 aliphatic carbocycles. The fourth-order valence-corrected chi connectivity index (χ4v) is 3.31. The highest BCUT2D eigenvalue weighted by atomic mass is 16.5. The summed E-state index contributed by atoms with van der Waals surface area (Å²) in [7, 11) is 3.74.